The molecule has 7 heteroatoms. The van der Waals surface area contributed by atoms with Crippen LogP contribution >= 0.6 is 0 Å². The van der Waals surface area contributed by atoms with Crippen LogP contribution in [0.25, 0.3) is 5.57 Å². The van der Waals surface area contributed by atoms with Gasteiger partial charge in [0, 0.05) is 24.7 Å². The Hall–Kier alpha value is -3.32. The number of nitrogens with zero attached hydrogens (tertiary/aromatic N) is 2. The molecule has 2 aliphatic heterocycles. The van der Waals surface area contributed by atoms with E-state index in [-0.39, 0.29) is 24.0 Å². The van der Waals surface area contributed by atoms with E-state index in [1.807, 2.05) is 43.9 Å². The van der Waals surface area contributed by atoms with Crippen LogP contribution in [0.2, 0.25) is 0 Å². The molecule has 0 radical (unpaired) electrons. The molecule has 1 saturated heterocycles. The fourth-order valence-corrected chi connectivity index (χ4v) is 4.38. The number of hydrogen-bond acceptors (Lipinski definition) is 6. The Labute approximate surface area is 188 Å². The van der Waals surface area contributed by atoms with E-state index in [1.165, 1.54) is 4.90 Å². The Morgan fingerprint density at radius 3 is 2.41 bits per heavy atom. The first kappa shape index (κ1) is 21.9. The highest BCUT2D eigenvalue weighted by molar-refractivity contribution is 6.45. The number of carbonyl (C=O) groups excluding carboxylic acids is 2. The maximum absolute atomic E-state index is 13.8. The Morgan fingerprint density at radius 1 is 1.00 bits per heavy atom. The second-order valence-electron chi connectivity index (χ2n) is 7.96. The van der Waals surface area contributed by atoms with Gasteiger partial charge in [0.25, 0.3) is 11.8 Å². The Bertz CT molecular complexity index is 1050. The van der Waals surface area contributed by atoms with Crippen molar-refractivity contribution in [3.8, 4) is 11.5 Å². The van der Waals surface area contributed by atoms with E-state index >= 15 is 0 Å². The smallest absolute Gasteiger partial charge is 0.282 e. The van der Waals surface area contributed by atoms with Gasteiger partial charge in [0.15, 0.2) is 0 Å². The molecular weight excluding hydrogens is 408 g/mol. The molecule has 2 aromatic rings. The number of anilines is 1. The van der Waals surface area contributed by atoms with Crippen molar-refractivity contribution in [1.82, 2.24) is 4.90 Å². The fourth-order valence-electron chi connectivity index (χ4n) is 4.38. The molecule has 2 amide bonds. The molecule has 0 aliphatic carbocycles. The van der Waals surface area contributed by atoms with Crippen molar-refractivity contribution in [2.24, 2.45) is 0 Å². The fraction of sp³-hybridized carbons (Fsp3) is 0.360. The van der Waals surface area contributed by atoms with Crippen LogP contribution in [-0.4, -0.2) is 55.7 Å². The van der Waals surface area contributed by atoms with Crippen LogP contribution in [0.1, 0.15) is 26.3 Å². The average molecular weight is 437 g/mol. The van der Waals surface area contributed by atoms with Crippen molar-refractivity contribution in [3.05, 3.63) is 59.8 Å². The van der Waals surface area contributed by atoms with Crippen LogP contribution < -0.4 is 14.4 Å². The number of para-hydroxylation sites is 1. The predicted molar refractivity (Wildman–Crippen MR) is 122 cm³/mol. The summed E-state index contributed by atoms with van der Waals surface area (Å²) in [6.07, 6.45) is -0.133. The first-order valence-electron chi connectivity index (χ1n) is 10.8. The molecule has 0 aromatic heterocycles. The third-order valence-corrected chi connectivity index (χ3v) is 5.56. The number of amides is 2. The number of ether oxygens (including phenoxy) is 3. The van der Waals surface area contributed by atoms with E-state index in [4.69, 9.17) is 14.2 Å². The van der Waals surface area contributed by atoms with Gasteiger partial charge in [-0.2, -0.15) is 0 Å². The summed E-state index contributed by atoms with van der Waals surface area (Å²) in [7, 11) is 1.56. The first-order chi connectivity index (χ1) is 15.4. The van der Waals surface area contributed by atoms with Gasteiger partial charge in [0.05, 0.1) is 37.2 Å². The molecule has 0 spiro atoms. The van der Waals surface area contributed by atoms with Crippen LogP contribution in [0.15, 0.2) is 54.2 Å². The monoisotopic (exact) mass is 436 g/mol. The number of imide groups is 1. The number of morpholine rings is 1. The average Bonchev–Trinajstić information content (AvgIpc) is 3.03. The molecule has 2 unspecified atom stereocenters. The lowest BCUT2D eigenvalue weighted by molar-refractivity contribution is -0.121. The van der Waals surface area contributed by atoms with Crippen molar-refractivity contribution in [1.29, 1.82) is 0 Å². The van der Waals surface area contributed by atoms with E-state index in [9.17, 15) is 9.59 Å². The lowest BCUT2D eigenvalue weighted by Crippen LogP contribution is -2.47. The lowest BCUT2D eigenvalue weighted by Gasteiger charge is -2.37. The van der Waals surface area contributed by atoms with E-state index in [0.29, 0.717) is 53.7 Å². The first-order valence-corrected chi connectivity index (χ1v) is 10.8. The van der Waals surface area contributed by atoms with Gasteiger partial charge in [0.2, 0.25) is 0 Å². The van der Waals surface area contributed by atoms with Crippen molar-refractivity contribution < 1.29 is 23.8 Å². The minimum atomic E-state index is -0.380. The van der Waals surface area contributed by atoms with Gasteiger partial charge >= 0.3 is 0 Å². The van der Waals surface area contributed by atoms with Gasteiger partial charge in [-0.1, -0.05) is 24.3 Å². The summed E-state index contributed by atoms with van der Waals surface area (Å²) in [5.41, 5.74) is 1.79. The molecule has 2 heterocycles. The maximum atomic E-state index is 13.8. The standard InChI is InChI=1S/C25H28N2O5/c1-5-31-19-10-8-9-18(13-19)27-24(28)22(20-11-6-7-12-21(20)30-4)23(25(27)29)26-14-16(2)32-17(3)15-26/h6-13,16-17H,5,14-15H2,1-4H3. The molecule has 2 atom stereocenters. The molecule has 0 bridgehead atoms. The molecule has 2 aliphatic rings. The van der Waals surface area contributed by atoms with Crippen LogP contribution in [-0.2, 0) is 14.3 Å². The summed E-state index contributed by atoms with van der Waals surface area (Å²) >= 11 is 0. The van der Waals surface area contributed by atoms with E-state index in [0.717, 1.165) is 0 Å². The lowest BCUT2D eigenvalue weighted by atomic mass is 10.0. The number of benzene rings is 2. The zero-order valence-electron chi connectivity index (χ0n) is 18.8. The normalized spacial score (nSPS) is 21.4. The summed E-state index contributed by atoms with van der Waals surface area (Å²) in [6.45, 7) is 7.35. The zero-order valence-corrected chi connectivity index (χ0v) is 18.8. The molecular formula is C25H28N2O5. The van der Waals surface area contributed by atoms with Crippen LogP contribution in [0.5, 0.6) is 11.5 Å². The summed E-state index contributed by atoms with van der Waals surface area (Å²) in [6, 6.07) is 14.3. The van der Waals surface area contributed by atoms with Crippen LogP contribution in [0.4, 0.5) is 5.69 Å². The highest BCUT2D eigenvalue weighted by atomic mass is 16.5. The summed E-state index contributed by atoms with van der Waals surface area (Å²) in [5, 5.41) is 0. The minimum Gasteiger partial charge on any atom is -0.496 e. The van der Waals surface area contributed by atoms with Gasteiger partial charge < -0.3 is 19.1 Å². The summed E-state index contributed by atoms with van der Waals surface area (Å²) in [5.74, 6) is 0.410. The molecule has 4 rings (SSSR count). The minimum absolute atomic E-state index is 0.0663. The van der Waals surface area contributed by atoms with Gasteiger partial charge in [-0.25, -0.2) is 4.90 Å². The second kappa shape index (κ2) is 9.04. The van der Waals surface area contributed by atoms with E-state index < -0.39 is 0 Å². The molecule has 7 nitrogen and oxygen atoms in total. The number of rotatable bonds is 6. The number of methoxy groups -OCH3 is 1. The molecule has 2 aromatic carbocycles. The summed E-state index contributed by atoms with van der Waals surface area (Å²) in [4.78, 5) is 30.7. The highest BCUT2D eigenvalue weighted by Crippen LogP contribution is 2.39. The molecule has 168 valence electrons. The molecule has 0 saturated carbocycles. The highest BCUT2D eigenvalue weighted by Gasteiger charge is 2.44. The van der Waals surface area contributed by atoms with Gasteiger partial charge in [-0.15, -0.1) is 0 Å². The van der Waals surface area contributed by atoms with Crippen molar-refractivity contribution in [2.45, 2.75) is 33.0 Å². The Kier molecular flexibility index (Phi) is 6.19. The van der Waals surface area contributed by atoms with Gasteiger partial charge in [-0.3, -0.25) is 9.59 Å². The van der Waals surface area contributed by atoms with Crippen molar-refractivity contribution in [2.75, 3.05) is 31.7 Å². The van der Waals surface area contributed by atoms with Crippen molar-refractivity contribution >= 4 is 23.1 Å². The molecule has 1 fully saturated rings. The van der Waals surface area contributed by atoms with Gasteiger partial charge in [0.1, 0.15) is 17.2 Å². The maximum Gasteiger partial charge on any atom is 0.282 e. The van der Waals surface area contributed by atoms with Crippen molar-refractivity contribution in [3.63, 3.8) is 0 Å². The number of carbonyl (C=O) groups is 2. The SMILES string of the molecule is CCOc1cccc(N2C(=O)C(c3ccccc3OC)=C(N3CC(C)OC(C)C3)C2=O)c1. The topological polar surface area (TPSA) is 68.3 Å². The Balaban J connectivity index is 1.85. The van der Waals surface area contributed by atoms with Crippen LogP contribution in [0, 0.1) is 0 Å². The summed E-state index contributed by atoms with van der Waals surface area (Å²) < 4.78 is 17.0. The zero-order chi connectivity index (χ0) is 22.8. The van der Waals surface area contributed by atoms with E-state index in [1.54, 1.807) is 37.4 Å². The Morgan fingerprint density at radius 2 is 1.72 bits per heavy atom. The van der Waals surface area contributed by atoms with Crippen LogP contribution in [0.3, 0.4) is 0 Å². The largest absolute Gasteiger partial charge is 0.496 e. The number of hydrogen-bond donors (Lipinski definition) is 0. The molecule has 0 N–H and O–H groups in total. The van der Waals surface area contributed by atoms with E-state index in [2.05, 4.69) is 0 Å². The third-order valence-electron chi connectivity index (χ3n) is 5.56. The van der Waals surface area contributed by atoms with Gasteiger partial charge in [-0.05, 0) is 39.0 Å². The second-order valence-corrected chi connectivity index (χ2v) is 7.96. The predicted octanol–water partition coefficient (Wildman–Crippen LogP) is 3.49. The third kappa shape index (κ3) is 3.96. The molecule has 32 heavy (non-hydrogen) atoms. The quantitative estimate of drug-likeness (QED) is 0.646.